The van der Waals surface area contributed by atoms with Gasteiger partial charge in [-0.2, -0.15) is 0 Å². The van der Waals surface area contributed by atoms with E-state index in [4.69, 9.17) is 11.6 Å². The third-order valence-electron chi connectivity index (χ3n) is 2.71. The molecule has 14 heavy (non-hydrogen) atoms. The third-order valence-corrected chi connectivity index (χ3v) is 4.18. The first-order valence-corrected chi connectivity index (χ1v) is 6.55. The molecule has 0 aromatic heterocycles. The summed E-state index contributed by atoms with van der Waals surface area (Å²) in [6, 6.07) is 8.75. The minimum Gasteiger partial charge on any atom is -0.125 e. The van der Waals surface area contributed by atoms with Crippen LogP contribution in [0.25, 0.3) is 0 Å². The van der Waals surface area contributed by atoms with E-state index in [1.165, 1.54) is 22.6 Å². The van der Waals surface area contributed by atoms with E-state index in [1.54, 1.807) is 0 Å². The second-order valence-corrected chi connectivity index (χ2v) is 5.71. The molecule has 76 valence electrons. The molecule has 1 heterocycles. The number of hydrogen-bond donors (Lipinski definition) is 0. The van der Waals surface area contributed by atoms with Crippen molar-refractivity contribution in [2.24, 2.45) is 0 Å². The zero-order valence-corrected chi connectivity index (χ0v) is 9.94. The predicted octanol–water partition coefficient (Wildman–Crippen LogP) is 4.28. The fraction of sp³-hybridized carbons (Fsp3) is 0.500. The summed E-state index contributed by atoms with van der Waals surface area (Å²) in [5.74, 6) is 1.97. The number of thioether (sulfide) groups is 1. The van der Waals surface area contributed by atoms with Gasteiger partial charge in [0.15, 0.2) is 0 Å². The summed E-state index contributed by atoms with van der Waals surface area (Å²) in [6.07, 6.45) is 2.36. The standard InChI is InChI=1S/C12H15ClS/c1-9(13)6-7-10-8-14-12-5-3-2-4-11(10)12/h2-5,9-10H,6-8H2,1H3. The van der Waals surface area contributed by atoms with E-state index >= 15 is 0 Å². The number of fused-ring (bicyclic) bond motifs is 1. The van der Waals surface area contributed by atoms with E-state index in [1.807, 2.05) is 11.8 Å². The molecule has 1 aromatic rings. The predicted molar refractivity (Wildman–Crippen MR) is 64.5 cm³/mol. The molecule has 1 aliphatic heterocycles. The van der Waals surface area contributed by atoms with E-state index < -0.39 is 0 Å². The Balaban J connectivity index is 2.03. The number of rotatable bonds is 3. The second kappa shape index (κ2) is 4.59. The van der Waals surface area contributed by atoms with E-state index in [0.717, 1.165) is 12.3 Å². The van der Waals surface area contributed by atoms with Gasteiger partial charge in [0.05, 0.1) is 0 Å². The topological polar surface area (TPSA) is 0 Å². The van der Waals surface area contributed by atoms with Gasteiger partial charge in [0.1, 0.15) is 0 Å². The zero-order chi connectivity index (χ0) is 9.97. The monoisotopic (exact) mass is 226 g/mol. The van der Waals surface area contributed by atoms with Crippen molar-refractivity contribution in [2.45, 2.75) is 36.0 Å². The molecule has 0 saturated carbocycles. The lowest BCUT2D eigenvalue weighted by atomic mass is 9.96. The van der Waals surface area contributed by atoms with E-state index in [-0.39, 0.29) is 0 Å². The van der Waals surface area contributed by atoms with Crippen molar-refractivity contribution in [3.05, 3.63) is 29.8 Å². The largest absolute Gasteiger partial charge is 0.125 e. The van der Waals surface area contributed by atoms with Crippen molar-refractivity contribution in [3.63, 3.8) is 0 Å². The molecule has 1 aromatic carbocycles. The van der Waals surface area contributed by atoms with Crippen molar-refractivity contribution in [1.29, 1.82) is 0 Å². The summed E-state index contributed by atoms with van der Waals surface area (Å²) < 4.78 is 0. The molecule has 2 unspecified atom stereocenters. The highest BCUT2D eigenvalue weighted by molar-refractivity contribution is 7.99. The average Bonchev–Trinajstić information content (AvgIpc) is 2.58. The van der Waals surface area contributed by atoms with Crippen LogP contribution in [0.1, 0.15) is 31.2 Å². The van der Waals surface area contributed by atoms with Crippen LogP contribution in [0, 0.1) is 0 Å². The van der Waals surface area contributed by atoms with Crippen molar-refractivity contribution in [1.82, 2.24) is 0 Å². The van der Waals surface area contributed by atoms with Crippen LogP contribution in [0.3, 0.4) is 0 Å². The highest BCUT2D eigenvalue weighted by atomic mass is 35.5. The van der Waals surface area contributed by atoms with Gasteiger partial charge >= 0.3 is 0 Å². The molecule has 0 aliphatic carbocycles. The SMILES string of the molecule is CC(Cl)CCC1CSc2ccccc21. The maximum absolute atomic E-state index is 5.98. The molecule has 0 radical (unpaired) electrons. The van der Waals surface area contributed by atoms with E-state index in [0.29, 0.717) is 5.38 Å². The molecule has 2 heteroatoms. The molecule has 1 aliphatic rings. The number of benzene rings is 1. The minimum absolute atomic E-state index is 0.313. The van der Waals surface area contributed by atoms with Gasteiger partial charge in [0.25, 0.3) is 0 Å². The first-order valence-electron chi connectivity index (χ1n) is 5.13. The Bertz CT molecular complexity index is 309. The van der Waals surface area contributed by atoms with Gasteiger partial charge in [-0.05, 0) is 37.3 Å². The molecule has 0 saturated heterocycles. The van der Waals surface area contributed by atoms with Gasteiger partial charge in [-0.25, -0.2) is 0 Å². The summed E-state index contributed by atoms with van der Waals surface area (Å²) in [5.41, 5.74) is 1.54. The molecule has 0 fully saturated rings. The maximum atomic E-state index is 5.98. The van der Waals surface area contributed by atoms with Crippen molar-refractivity contribution in [3.8, 4) is 0 Å². The van der Waals surface area contributed by atoms with Crippen LogP contribution < -0.4 is 0 Å². The maximum Gasteiger partial charge on any atom is 0.0308 e. The highest BCUT2D eigenvalue weighted by Crippen LogP contribution is 2.41. The Morgan fingerprint density at radius 3 is 3.07 bits per heavy atom. The molecular weight excluding hydrogens is 212 g/mol. The van der Waals surface area contributed by atoms with Crippen molar-refractivity contribution in [2.75, 3.05) is 5.75 Å². The quantitative estimate of drug-likeness (QED) is 0.694. The summed E-state index contributed by atoms with van der Waals surface area (Å²) in [6.45, 7) is 2.08. The van der Waals surface area contributed by atoms with Gasteiger partial charge in [0.2, 0.25) is 0 Å². The van der Waals surface area contributed by atoms with Crippen LogP contribution in [0.2, 0.25) is 0 Å². The Hall–Kier alpha value is -0.140. The zero-order valence-electron chi connectivity index (χ0n) is 8.37. The van der Waals surface area contributed by atoms with Crippen LogP contribution in [-0.4, -0.2) is 11.1 Å². The van der Waals surface area contributed by atoms with Gasteiger partial charge in [-0.15, -0.1) is 23.4 Å². The number of halogens is 1. The summed E-state index contributed by atoms with van der Waals surface area (Å²) >= 11 is 7.96. The summed E-state index contributed by atoms with van der Waals surface area (Å²) in [7, 11) is 0. The van der Waals surface area contributed by atoms with Crippen LogP contribution in [0.15, 0.2) is 29.2 Å². The fourth-order valence-corrected chi connectivity index (χ4v) is 3.33. The fourth-order valence-electron chi connectivity index (χ4n) is 1.90. The Morgan fingerprint density at radius 2 is 2.29 bits per heavy atom. The van der Waals surface area contributed by atoms with E-state index in [9.17, 15) is 0 Å². The minimum atomic E-state index is 0.313. The lowest BCUT2D eigenvalue weighted by Crippen LogP contribution is -2.00. The van der Waals surface area contributed by atoms with Crippen molar-refractivity contribution >= 4 is 23.4 Å². The van der Waals surface area contributed by atoms with Crippen LogP contribution in [-0.2, 0) is 0 Å². The summed E-state index contributed by atoms with van der Waals surface area (Å²) in [4.78, 5) is 1.47. The molecular formula is C12H15ClS. The van der Waals surface area contributed by atoms with Gasteiger partial charge < -0.3 is 0 Å². The molecule has 0 spiro atoms. The lowest BCUT2D eigenvalue weighted by Gasteiger charge is -2.10. The molecule has 0 nitrogen and oxygen atoms in total. The number of alkyl halides is 1. The van der Waals surface area contributed by atoms with Crippen LogP contribution in [0.5, 0.6) is 0 Å². The first kappa shape index (κ1) is 10.4. The highest BCUT2D eigenvalue weighted by Gasteiger charge is 2.22. The molecule has 2 atom stereocenters. The Morgan fingerprint density at radius 1 is 1.50 bits per heavy atom. The molecule has 2 rings (SSSR count). The van der Waals surface area contributed by atoms with Gasteiger partial charge in [-0.3, -0.25) is 0 Å². The molecule has 0 N–H and O–H groups in total. The lowest BCUT2D eigenvalue weighted by molar-refractivity contribution is 0.636. The van der Waals surface area contributed by atoms with Crippen molar-refractivity contribution < 1.29 is 0 Å². The van der Waals surface area contributed by atoms with E-state index in [2.05, 4.69) is 31.2 Å². The first-order chi connectivity index (χ1) is 6.77. The van der Waals surface area contributed by atoms with Crippen LogP contribution >= 0.6 is 23.4 Å². The Kier molecular flexibility index (Phi) is 3.40. The summed E-state index contributed by atoms with van der Waals surface area (Å²) in [5, 5.41) is 0.313. The number of hydrogen-bond acceptors (Lipinski definition) is 1. The molecule has 0 amide bonds. The molecule has 0 bridgehead atoms. The second-order valence-electron chi connectivity index (χ2n) is 3.90. The van der Waals surface area contributed by atoms with Gasteiger partial charge in [-0.1, -0.05) is 18.2 Å². The van der Waals surface area contributed by atoms with Crippen LogP contribution in [0.4, 0.5) is 0 Å². The average molecular weight is 227 g/mol. The normalized spacial score (nSPS) is 22.0. The smallest absolute Gasteiger partial charge is 0.0308 e. The third kappa shape index (κ3) is 2.26. The Labute approximate surface area is 95.0 Å². The van der Waals surface area contributed by atoms with Gasteiger partial charge in [0, 0.05) is 16.0 Å².